The molecule has 0 saturated carbocycles. The minimum Gasteiger partial charge on any atom is -0.508 e. The summed E-state index contributed by atoms with van der Waals surface area (Å²) in [6.45, 7) is 2.19. The van der Waals surface area contributed by atoms with E-state index in [1.165, 1.54) is 48.1 Å². The lowest BCUT2D eigenvalue weighted by molar-refractivity contribution is 0.475. The summed E-state index contributed by atoms with van der Waals surface area (Å²) in [5.41, 5.74) is 5.52. The average Bonchev–Trinajstić information content (AvgIpc) is 2.54. The van der Waals surface area contributed by atoms with Crippen LogP contribution in [0.4, 0.5) is 5.69 Å². The van der Waals surface area contributed by atoms with Crippen LogP contribution in [0.15, 0.2) is 42.5 Å². The van der Waals surface area contributed by atoms with E-state index in [9.17, 15) is 5.11 Å². The van der Waals surface area contributed by atoms with Gasteiger partial charge in [-0.3, -0.25) is 0 Å². The molecule has 3 rings (SSSR count). The first-order valence-electron chi connectivity index (χ1n) is 7.94. The number of nitrogens with one attached hydrogen (secondary N) is 1. The summed E-state index contributed by atoms with van der Waals surface area (Å²) in [5.74, 6) is 0.325. The van der Waals surface area contributed by atoms with Gasteiger partial charge in [0.25, 0.3) is 0 Å². The molecule has 21 heavy (non-hydrogen) atoms. The number of phenolic OH excluding ortho intramolecular Hbond substituents is 1. The first-order chi connectivity index (χ1) is 10.3. The third kappa shape index (κ3) is 3.05. The molecule has 0 spiro atoms. The second-order valence-corrected chi connectivity index (χ2v) is 5.85. The van der Waals surface area contributed by atoms with Crippen LogP contribution in [0, 0.1) is 0 Å². The number of anilines is 1. The Morgan fingerprint density at radius 1 is 1.05 bits per heavy atom. The van der Waals surface area contributed by atoms with Crippen LogP contribution < -0.4 is 5.32 Å². The zero-order chi connectivity index (χ0) is 14.7. The van der Waals surface area contributed by atoms with Gasteiger partial charge in [0.1, 0.15) is 5.75 Å². The van der Waals surface area contributed by atoms with E-state index in [0.717, 1.165) is 6.42 Å². The summed E-state index contributed by atoms with van der Waals surface area (Å²) in [6, 6.07) is 14.5. The minimum atomic E-state index is 0.291. The Bertz CT molecular complexity index is 603. The van der Waals surface area contributed by atoms with E-state index < -0.39 is 0 Å². The fourth-order valence-electron chi connectivity index (χ4n) is 3.23. The molecule has 0 bridgehead atoms. The Labute approximate surface area is 126 Å². The van der Waals surface area contributed by atoms with Gasteiger partial charge < -0.3 is 10.4 Å². The van der Waals surface area contributed by atoms with Gasteiger partial charge in [0, 0.05) is 5.69 Å². The molecule has 0 saturated heterocycles. The van der Waals surface area contributed by atoms with E-state index in [2.05, 4.69) is 30.4 Å². The molecule has 2 nitrogen and oxygen atoms in total. The normalized spacial score (nSPS) is 15.3. The first kappa shape index (κ1) is 14.0. The number of benzene rings is 2. The highest BCUT2D eigenvalue weighted by Gasteiger charge is 2.16. The summed E-state index contributed by atoms with van der Waals surface area (Å²) in [6.07, 6.45) is 6.02. The van der Waals surface area contributed by atoms with Gasteiger partial charge in [0.05, 0.1) is 6.04 Å². The van der Waals surface area contributed by atoms with Crippen LogP contribution in [-0.2, 0) is 12.8 Å². The summed E-state index contributed by atoms with van der Waals surface area (Å²) in [4.78, 5) is 0. The molecular weight excluding hydrogens is 258 g/mol. The van der Waals surface area contributed by atoms with Crippen molar-refractivity contribution in [3.8, 4) is 5.75 Å². The van der Waals surface area contributed by atoms with Crippen LogP contribution in [0.25, 0.3) is 0 Å². The molecule has 2 N–H and O–H groups in total. The number of phenols is 1. The van der Waals surface area contributed by atoms with Crippen molar-refractivity contribution >= 4 is 5.69 Å². The number of hydrogen-bond donors (Lipinski definition) is 2. The lowest BCUT2D eigenvalue weighted by atomic mass is 9.90. The van der Waals surface area contributed by atoms with Crippen molar-refractivity contribution in [1.29, 1.82) is 0 Å². The quantitative estimate of drug-likeness (QED) is 0.841. The molecule has 0 heterocycles. The van der Waals surface area contributed by atoms with Crippen molar-refractivity contribution in [3.63, 3.8) is 0 Å². The molecular formula is C19H23NO. The molecule has 2 aromatic carbocycles. The van der Waals surface area contributed by atoms with E-state index in [1.54, 1.807) is 12.1 Å². The van der Waals surface area contributed by atoms with Gasteiger partial charge in [0.2, 0.25) is 0 Å². The Kier molecular flexibility index (Phi) is 4.14. The van der Waals surface area contributed by atoms with Gasteiger partial charge in [-0.2, -0.15) is 0 Å². The van der Waals surface area contributed by atoms with E-state index in [0.29, 0.717) is 11.8 Å². The van der Waals surface area contributed by atoms with Crippen LogP contribution >= 0.6 is 0 Å². The maximum Gasteiger partial charge on any atom is 0.115 e. The summed E-state index contributed by atoms with van der Waals surface area (Å²) >= 11 is 0. The lowest BCUT2D eigenvalue weighted by Crippen LogP contribution is -2.13. The van der Waals surface area contributed by atoms with E-state index in [-0.39, 0.29) is 0 Å². The lowest BCUT2D eigenvalue weighted by Gasteiger charge is -2.24. The highest BCUT2D eigenvalue weighted by atomic mass is 16.3. The minimum absolute atomic E-state index is 0.291. The van der Waals surface area contributed by atoms with Gasteiger partial charge in [-0.25, -0.2) is 0 Å². The molecule has 0 fully saturated rings. The highest BCUT2D eigenvalue weighted by Crippen LogP contribution is 2.31. The van der Waals surface area contributed by atoms with Crippen molar-refractivity contribution in [1.82, 2.24) is 0 Å². The first-order valence-corrected chi connectivity index (χ1v) is 7.94. The maximum atomic E-state index is 9.44. The molecule has 2 aromatic rings. The van der Waals surface area contributed by atoms with Crippen LogP contribution in [0.1, 0.15) is 48.9 Å². The Hall–Kier alpha value is -1.96. The van der Waals surface area contributed by atoms with Gasteiger partial charge >= 0.3 is 0 Å². The monoisotopic (exact) mass is 281 g/mol. The van der Waals surface area contributed by atoms with Gasteiger partial charge in [0.15, 0.2) is 0 Å². The zero-order valence-corrected chi connectivity index (χ0v) is 12.6. The molecule has 2 heteroatoms. The average molecular weight is 281 g/mol. The SMILES string of the molecule is CCC(Nc1cccc2c1CCCC2)c1ccc(O)cc1. The van der Waals surface area contributed by atoms with Crippen molar-refractivity contribution in [2.75, 3.05) is 5.32 Å². The third-order valence-electron chi connectivity index (χ3n) is 4.43. The smallest absolute Gasteiger partial charge is 0.115 e. The molecule has 1 aliphatic carbocycles. The topological polar surface area (TPSA) is 32.3 Å². The van der Waals surface area contributed by atoms with Crippen molar-refractivity contribution in [2.24, 2.45) is 0 Å². The summed E-state index contributed by atoms with van der Waals surface area (Å²) in [7, 11) is 0. The van der Waals surface area contributed by atoms with Crippen LogP contribution in [0.5, 0.6) is 5.75 Å². The molecule has 0 aromatic heterocycles. The Morgan fingerprint density at radius 2 is 1.81 bits per heavy atom. The van der Waals surface area contributed by atoms with Crippen LogP contribution in [0.3, 0.4) is 0 Å². The Morgan fingerprint density at radius 3 is 2.57 bits per heavy atom. The highest BCUT2D eigenvalue weighted by molar-refractivity contribution is 5.57. The van der Waals surface area contributed by atoms with Gasteiger partial charge in [-0.05, 0) is 67.0 Å². The second-order valence-electron chi connectivity index (χ2n) is 5.85. The second kappa shape index (κ2) is 6.21. The number of fused-ring (bicyclic) bond motifs is 1. The molecule has 1 aliphatic rings. The number of aryl methyl sites for hydroxylation is 1. The fraction of sp³-hybridized carbons (Fsp3) is 0.368. The number of aromatic hydroxyl groups is 1. The molecule has 0 amide bonds. The number of rotatable bonds is 4. The Balaban J connectivity index is 1.86. The maximum absolute atomic E-state index is 9.44. The van der Waals surface area contributed by atoms with Gasteiger partial charge in [-0.15, -0.1) is 0 Å². The molecule has 1 atom stereocenters. The zero-order valence-electron chi connectivity index (χ0n) is 12.6. The largest absolute Gasteiger partial charge is 0.508 e. The van der Waals surface area contributed by atoms with Crippen molar-refractivity contribution in [3.05, 3.63) is 59.2 Å². The van der Waals surface area contributed by atoms with Crippen molar-refractivity contribution < 1.29 is 5.11 Å². The van der Waals surface area contributed by atoms with Gasteiger partial charge in [-0.1, -0.05) is 31.2 Å². The molecule has 0 radical (unpaired) electrons. The molecule has 0 aliphatic heterocycles. The van der Waals surface area contributed by atoms with E-state index in [1.807, 2.05) is 12.1 Å². The predicted octanol–water partition coefficient (Wildman–Crippen LogP) is 4.83. The molecule has 110 valence electrons. The van der Waals surface area contributed by atoms with Crippen molar-refractivity contribution in [2.45, 2.75) is 45.1 Å². The predicted molar refractivity (Wildman–Crippen MR) is 87.8 cm³/mol. The fourth-order valence-corrected chi connectivity index (χ4v) is 3.23. The summed E-state index contributed by atoms with van der Waals surface area (Å²) in [5, 5.41) is 13.1. The van der Waals surface area contributed by atoms with Crippen LogP contribution in [0.2, 0.25) is 0 Å². The standard InChI is InChI=1S/C19H23NO/c1-2-18(15-10-12-16(21)13-11-15)20-19-9-5-7-14-6-3-4-8-17(14)19/h5,7,9-13,18,20-21H,2-4,6,8H2,1H3. The van der Waals surface area contributed by atoms with Crippen LogP contribution in [-0.4, -0.2) is 5.11 Å². The van der Waals surface area contributed by atoms with E-state index >= 15 is 0 Å². The third-order valence-corrected chi connectivity index (χ3v) is 4.43. The van der Waals surface area contributed by atoms with E-state index in [4.69, 9.17) is 0 Å². The molecule has 1 unspecified atom stereocenters. The number of hydrogen-bond acceptors (Lipinski definition) is 2. The summed E-state index contributed by atoms with van der Waals surface area (Å²) < 4.78 is 0.